The second-order valence-corrected chi connectivity index (χ2v) is 5.89. The number of carbonyl (C=O) groups is 1. The highest BCUT2D eigenvalue weighted by Crippen LogP contribution is 2.16. The second-order valence-electron chi connectivity index (χ2n) is 5.89. The minimum atomic E-state index is -0.237. The molecule has 0 aliphatic carbocycles. The van der Waals surface area contributed by atoms with E-state index in [1.54, 1.807) is 6.08 Å². The van der Waals surface area contributed by atoms with Gasteiger partial charge in [0.25, 0.3) is 0 Å². The van der Waals surface area contributed by atoms with Gasteiger partial charge in [-0.3, -0.25) is 0 Å². The van der Waals surface area contributed by atoms with Gasteiger partial charge in [-0.05, 0) is 37.2 Å². The quantitative estimate of drug-likeness (QED) is 0.308. The molecule has 0 aromatic carbocycles. The van der Waals surface area contributed by atoms with E-state index in [2.05, 4.69) is 39.8 Å². The van der Waals surface area contributed by atoms with Crippen molar-refractivity contribution < 1.29 is 9.53 Å². The van der Waals surface area contributed by atoms with Crippen LogP contribution < -0.4 is 0 Å². The van der Waals surface area contributed by atoms with Crippen molar-refractivity contribution in [3.8, 4) is 0 Å². The van der Waals surface area contributed by atoms with Gasteiger partial charge in [0.1, 0.15) is 0 Å². The number of ether oxygens (including phenoxy) is 1. The van der Waals surface area contributed by atoms with Crippen molar-refractivity contribution in [2.75, 3.05) is 6.61 Å². The van der Waals surface area contributed by atoms with E-state index < -0.39 is 0 Å². The Morgan fingerprint density at radius 1 is 1.15 bits per heavy atom. The van der Waals surface area contributed by atoms with E-state index in [4.69, 9.17) is 4.74 Å². The molecule has 0 N–H and O–H groups in total. The van der Waals surface area contributed by atoms with Gasteiger partial charge >= 0.3 is 5.97 Å². The van der Waals surface area contributed by atoms with E-state index in [1.165, 1.54) is 19.3 Å². The molecule has 20 heavy (non-hydrogen) atoms. The minimum Gasteiger partial charge on any atom is -0.463 e. The van der Waals surface area contributed by atoms with Crippen molar-refractivity contribution in [1.82, 2.24) is 0 Å². The first-order chi connectivity index (χ1) is 9.49. The van der Waals surface area contributed by atoms with Crippen molar-refractivity contribution in [1.29, 1.82) is 0 Å². The van der Waals surface area contributed by atoms with Gasteiger partial charge in [0, 0.05) is 6.08 Å². The van der Waals surface area contributed by atoms with Crippen LogP contribution in [-0.2, 0) is 9.53 Å². The molecule has 0 fully saturated rings. The average molecular weight is 280 g/mol. The minimum absolute atomic E-state index is 0.237. The summed E-state index contributed by atoms with van der Waals surface area (Å²) in [7, 11) is 0. The SMILES string of the molecule is CCOC(=O)/C=C(/C=C/CC(C)CCCC(C)C)CC. The van der Waals surface area contributed by atoms with Crippen LogP contribution in [0.1, 0.15) is 66.7 Å². The average Bonchev–Trinajstić information content (AvgIpc) is 2.37. The lowest BCUT2D eigenvalue weighted by Gasteiger charge is -2.09. The summed E-state index contributed by atoms with van der Waals surface area (Å²) in [5, 5.41) is 0. The summed E-state index contributed by atoms with van der Waals surface area (Å²) in [6.07, 6.45) is 11.7. The van der Waals surface area contributed by atoms with Gasteiger partial charge < -0.3 is 4.74 Å². The molecule has 0 aliphatic heterocycles. The summed E-state index contributed by atoms with van der Waals surface area (Å²) in [4.78, 5) is 11.4. The second kappa shape index (κ2) is 11.7. The summed E-state index contributed by atoms with van der Waals surface area (Å²) in [5.74, 6) is 1.28. The zero-order valence-electron chi connectivity index (χ0n) is 13.9. The fourth-order valence-electron chi connectivity index (χ4n) is 2.05. The van der Waals surface area contributed by atoms with E-state index in [0.29, 0.717) is 12.5 Å². The molecule has 0 aliphatic rings. The number of rotatable bonds is 10. The summed E-state index contributed by atoms with van der Waals surface area (Å²) in [6.45, 7) is 11.2. The Labute approximate surface area is 125 Å². The third kappa shape index (κ3) is 10.8. The van der Waals surface area contributed by atoms with Gasteiger partial charge in [-0.1, -0.05) is 59.1 Å². The molecule has 2 heteroatoms. The Hall–Kier alpha value is -1.05. The third-order valence-corrected chi connectivity index (χ3v) is 3.35. The first-order valence-corrected chi connectivity index (χ1v) is 8.03. The Balaban J connectivity index is 4.09. The highest BCUT2D eigenvalue weighted by molar-refractivity contribution is 5.83. The maximum atomic E-state index is 11.4. The maximum absolute atomic E-state index is 11.4. The van der Waals surface area contributed by atoms with Crippen LogP contribution in [0.5, 0.6) is 0 Å². The van der Waals surface area contributed by atoms with E-state index in [1.807, 2.05) is 6.92 Å². The van der Waals surface area contributed by atoms with Gasteiger partial charge in [-0.25, -0.2) is 4.79 Å². The van der Waals surface area contributed by atoms with Gasteiger partial charge in [-0.15, -0.1) is 0 Å². The Kier molecular flexibility index (Phi) is 11.1. The van der Waals surface area contributed by atoms with Crippen LogP contribution in [0, 0.1) is 11.8 Å². The number of hydrogen-bond acceptors (Lipinski definition) is 2. The molecule has 2 nitrogen and oxygen atoms in total. The molecule has 116 valence electrons. The topological polar surface area (TPSA) is 26.3 Å². The Morgan fingerprint density at radius 3 is 2.40 bits per heavy atom. The molecule has 0 aromatic rings. The fraction of sp³-hybridized carbons (Fsp3) is 0.722. The summed E-state index contributed by atoms with van der Waals surface area (Å²) in [5.41, 5.74) is 1.04. The van der Waals surface area contributed by atoms with E-state index in [0.717, 1.165) is 24.3 Å². The summed E-state index contributed by atoms with van der Waals surface area (Å²) in [6, 6.07) is 0. The zero-order chi connectivity index (χ0) is 15.4. The van der Waals surface area contributed by atoms with Crippen LogP contribution in [0.4, 0.5) is 0 Å². The molecule has 0 saturated carbocycles. The van der Waals surface area contributed by atoms with Crippen molar-refractivity contribution in [2.24, 2.45) is 11.8 Å². The molecule has 0 saturated heterocycles. The maximum Gasteiger partial charge on any atom is 0.331 e. The molecule has 0 radical (unpaired) electrons. The Morgan fingerprint density at radius 2 is 1.85 bits per heavy atom. The molecule has 1 atom stereocenters. The van der Waals surface area contributed by atoms with Gasteiger partial charge in [0.05, 0.1) is 6.61 Å². The molecule has 1 unspecified atom stereocenters. The molecular weight excluding hydrogens is 248 g/mol. The molecular formula is C18H32O2. The summed E-state index contributed by atoms with van der Waals surface area (Å²) >= 11 is 0. The molecule has 0 heterocycles. The highest BCUT2D eigenvalue weighted by atomic mass is 16.5. The molecule has 0 amide bonds. The van der Waals surface area contributed by atoms with Crippen LogP contribution in [0.15, 0.2) is 23.8 Å². The van der Waals surface area contributed by atoms with Gasteiger partial charge in [0.2, 0.25) is 0 Å². The van der Waals surface area contributed by atoms with Crippen LogP contribution in [0.2, 0.25) is 0 Å². The largest absolute Gasteiger partial charge is 0.463 e. The van der Waals surface area contributed by atoms with Crippen LogP contribution in [0.3, 0.4) is 0 Å². The van der Waals surface area contributed by atoms with Crippen molar-refractivity contribution in [3.63, 3.8) is 0 Å². The van der Waals surface area contributed by atoms with Crippen LogP contribution >= 0.6 is 0 Å². The molecule has 0 spiro atoms. The van der Waals surface area contributed by atoms with Crippen LogP contribution in [-0.4, -0.2) is 12.6 Å². The van der Waals surface area contributed by atoms with Gasteiger partial charge in [0.15, 0.2) is 0 Å². The zero-order valence-corrected chi connectivity index (χ0v) is 13.9. The highest BCUT2D eigenvalue weighted by Gasteiger charge is 2.02. The van der Waals surface area contributed by atoms with Crippen molar-refractivity contribution in [3.05, 3.63) is 23.8 Å². The van der Waals surface area contributed by atoms with E-state index in [-0.39, 0.29) is 5.97 Å². The summed E-state index contributed by atoms with van der Waals surface area (Å²) < 4.78 is 4.93. The van der Waals surface area contributed by atoms with Gasteiger partial charge in [-0.2, -0.15) is 0 Å². The lowest BCUT2D eigenvalue weighted by atomic mass is 9.97. The number of carbonyl (C=O) groups excluding carboxylic acids is 1. The lowest BCUT2D eigenvalue weighted by Crippen LogP contribution is -2.00. The van der Waals surface area contributed by atoms with E-state index >= 15 is 0 Å². The first kappa shape index (κ1) is 18.9. The molecule has 0 bridgehead atoms. The number of hydrogen-bond donors (Lipinski definition) is 0. The van der Waals surface area contributed by atoms with Crippen molar-refractivity contribution in [2.45, 2.75) is 66.7 Å². The predicted octanol–water partition coefficient (Wildman–Crippen LogP) is 5.29. The van der Waals surface area contributed by atoms with Crippen molar-refractivity contribution >= 4 is 5.97 Å². The predicted molar refractivity (Wildman–Crippen MR) is 86.6 cm³/mol. The fourth-order valence-corrected chi connectivity index (χ4v) is 2.05. The lowest BCUT2D eigenvalue weighted by molar-refractivity contribution is -0.137. The molecule has 0 rings (SSSR count). The third-order valence-electron chi connectivity index (χ3n) is 3.35. The normalized spacial score (nSPS) is 14.0. The monoisotopic (exact) mass is 280 g/mol. The smallest absolute Gasteiger partial charge is 0.331 e. The first-order valence-electron chi connectivity index (χ1n) is 8.03. The number of esters is 1. The standard InChI is InChI=1S/C18H32O2/c1-6-17(14-18(19)20-7-2)13-9-12-16(5)11-8-10-15(3)4/h9,13-16H,6-8,10-12H2,1-5H3/b13-9+,17-14+. The molecule has 0 aromatic heterocycles. The van der Waals surface area contributed by atoms with Crippen LogP contribution in [0.25, 0.3) is 0 Å². The Bertz CT molecular complexity index is 313. The van der Waals surface area contributed by atoms with E-state index in [9.17, 15) is 4.79 Å². The number of allylic oxidation sites excluding steroid dienone is 3.